The van der Waals surface area contributed by atoms with E-state index in [1.165, 1.54) is 6.92 Å². The number of rotatable bonds is 24. The fourth-order valence-electron chi connectivity index (χ4n) is 4.88. The first kappa shape index (κ1) is 47.3. The molecule has 0 bridgehead atoms. The fourth-order valence-corrected chi connectivity index (χ4v) is 5.95. The number of thioether (sulfide) groups is 1. The van der Waals surface area contributed by atoms with E-state index in [9.17, 15) is 53.7 Å². The van der Waals surface area contributed by atoms with Gasteiger partial charge in [0.1, 0.15) is 43.1 Å². The number of Topliss-reactive ketones (excluding diaryl/α,β-unsaturated/α-hetero) is 2. The van der Waals surface area contributed by atoms with Crippen LogP contribution in [0.15, 0.2) is 0 Å². The average molecular weight is 779 g/mol. The van der Waals surface area contributed by atoms with Crippen LogP contribution in [0.3, 0.4) is 0 Å². The first-order chi connectivity index (χ1) is 25.0. The van der Waals surface area contributed by atoms with E-state index in [2.05, 4.69) is 21.3 Å². The van der Waals surface area contributed by atoms with E-state index in [0.717, 1.165) is 25.6 Å². The second-order valence-electron chi connectivity index (χ2n) is 12.2. The van der Waals surface area contributed by atoms with E-state index in [0.29, 0.717) is 0 Å². The van der Waals surface area contributed by atoms with Crippen LogP contribution in [0.25, 0.3) is 0 Å². The molecule has 0 aromatic rings. The molecule has 9 atom stereocenters. The predicted molar refractivity (Wildman–Crippen MR) is 187 cm³/mol. The highest BCUT2D eigenvalue weighted by Gasteiger charge is 2.46. The molecule has 1 fully saturated rings. The third kappa shape index (κ3) is 17.3. The number of nitrogens with one attached hydrogen (secondary N) is 4. The molecule has 1 saturated heterocycles. The number of amides is 4. The molecule has 7 N–H and O–H groups in total. The maximum Gasteiger partial charge on any atom is 0.305 e. The first-order valence-electron chi connectivity index (χ1n) is 17.3. The molecular formula is C33H54N4O15S. The maximum atomic E-state index is 13.2. The van der Waals surface area contributed by atoms with Gasteiger partial charge in [-0.05, 0) is 6.92 Å². The molecular weight excluding hydrogens is 724 g/mol. The number of hydrogen-bond acceptors (Lipinski definition) is 16. The summed E-state index contributed by atoms with van der Waals surface area (Å²) in [5.41, 5.74) is 0. The topological polar surface area (TPSA) is 282 Å². The van der Waals surface area contributed by atoms with E-state index in [4.69, 9.17) is 18.9 Å². The summed E-state index contributed by atoms with van der Waals surface area (Å²) in [5, 5.41) is 40.2. The Morgan fingerprint density at radius 2 is 1.49 bits per heavy atom. The van der Waals surface area contributed by atoms with Crippen molar-refractivity contribution in [3.8, 4) is 0 Å². The minimum Gasteiger partial charge on any atom is -0.462 e. The van der Waals surface area contributed by atoms with E-state index in [1.807, 2.05) is 0 Å². The van der Waals surface area contributed by atoms with Gasteiger partial charge in [0.05, 0.1) is 25.2 Å². The summed E-state index contributed by atoms with van der Waals surface area (Å²) in [5.74, 6) is -4.47. The largest absolute Gasteiger partial charge is 0.462 e. The Kier molecular flexibility index (Phi) is 22.0. The molecule has 0 spiro atoms. The SMILES string of the molecule is CCC(=O)N[C@@H](CSC[C@H](COC(=O)CC)OC(=O)CC)C(=O)CC(=O)NCCC(=O)[C@@H](NC(C)=O)C(C)O[C@H]1OC(CO)[C@H](O)[C@H](O)C1NC(C)=O. The summed E-state index contributed by atoms with van der Waals surface area (Å²) < 4.78 is 21.8. The minimum atomic E-state index is -1.61. The zero-order valence-corrected chi connectivity index (χ0v) is 31.7. The lowest BCUT2D eigenvalue weighted by Crippen LogP contribution is -2.65. The number of carbonyl (C=O) groups is 8. The lowest BCUT2D eigenvalue weighted by Gasteiger charge is -2.43. The summed E-state index contributed by atoms with van der Waals surface area (Å²) in [4.78, 5) is 98.3. The van der Waals surface area contributed by atoms with Crippen LogP contribution in [-0.2, 0) is 57.3 Å². The molecule has 20 heteroatoms. The molecule has 0 aromatic heterocycles. The minimum absolute atomic E-state index is 0.0110. The van der Waals surface area contributed by atoms with Gasteiger partial charge in [0.2, 0.25) is 23.6 Å². The monoisotopic (exact) mass is 778 g/mol. The Bertz CT molecular complexity index is 1270. The van der Waals surface area contributed by atoms with Crippen molar-refractivity contribution in [3.05, 3.63) is 0 Å². The lowest BCUT2D eigenvalue weighted by molar-refractivity contribution is -0.281. The predicted octanol–water partition coefficient (Wildman–Crippen LogP) is -2.22. The molecule has 1 aliphatic heterocycles. The molecule has 0 radical (unpaired) electrons. The fraction of sp³-hybridized carbons (Fsp3) is 0.758. The molecule has 53 heavy (non-hydrogen) atoms. The second kappa shape index (κ2) is 24.6. The van der Waals surface area contributed by atoms with Gasteiger partial charge >= 0.3 is 11.9 Å². The van der Waals surface area contributed by atoms with Gasteiger partial charge < -0.3 is 55.5 Å². The molecule has 1 aliphatic rings. The summed E-state index contributed by atoms with van der Waals surface area (Å²) in [7, 11) is 0. The molecule has 0 saturated carbocycles. The van der Waals surface area contributed by atoms with Crippen LogP contribution in [0.2, 0.25) is 0 Å². The Hall–Kier alpha value is -3.69. The molecule has 302 valence electrons. The average Bonchev–Trinajstić information content (AvgIpc) is 3.10. The van der Waals surface area contributed by atoms with Crippen LogP contribution in [0.1, 0.15) is 73.6 Å². The van der Waals surface area contributed by atoms with Crippen molar-refractivity contribution >= 4 is 58.9 Å². The van der Waals surface area contributed by atoms with E-state index >= 15 is 0 Å². The van der Waals surface area contributed by atoms with Gasteiger partial charge in [-0.1, -0.05) is 20.8 Å². The molecule has 3 unspecified atom stereocenters. The molecule has 1 heterocycles. The standard InChI is InChI=1S/C33H54N4O15S/c1-7-25(43)37-21(16-53-15-20(51-28(46)9-3)14-49-27(45)8-2)23(42)12-26(44)34-11-10-22(41)29(35-18(5)39)17(4)50-33-30(36-19(6)40)32(48)31(47)24(13-38)52-33/h17,20-21,24,29-33,38,47-48H,7-16H2,1-6H3,(H,34,44)(H,35,39)(H,36,40)(H,37,43)/t17?,20-,21-,24?,29-,30?,31-,32+,33-/m0/s1. The van der Waals surface area contributed by atoms with Crippen molar-refractivity contribution in [1.29, 1.82) is 0 Å². The number of ketones is 2. The van der Waals surface area contributed by atoms with Crippen molar-refractivity contribution in [1.82, 2.24) is 21.3 Å². The maximum absolute atomic E-state index is 13.2. The number of carbonyl (C=O) groups excluding carboxylic acids is 8. The van der Waals surface area contributed by atoms with Gasteiger partial charge in [0, 0.05) is 57.6 Å². The first-order valence-corrected chi connectivity index (χ1v) is 18.5. The van der Waals surface area contributed by atoms with Crippen LogP contribution in [-0.4, -0.2) is 149 Å². The van der Waals surface area contributed by atoms with Crippen LogP contribution in [0.4, 0.5) is 0 Å². The molecule has 0 aliphatic carbocycles. The van der Waals surface area contributed by atoms with E-state index in [-0.39, 0.29) is 50.3 Å². The smallest absolute Gasteiger partial charge is 0.305 e. The highest BCUT2D eigenvalue weighted by Crippen LogP contribution is 2.24. The second-order valence-corrected chi connectivity index (χ2v) is 13.2. The normalized spacial score (nSPS) is 21.9. The van der Waals surface area contributed by atoms with E-state index < -0.39 is 115 Å². The number of hydrogen-bond donors (Lipinski definition) is 7. The van der Waals surface area contributed by atoms with Crippen LogP contribution in [0.5, 0.6) is 0 Å². The highest BCUT2D eigenvalue weighted by molar-refractivity contribution is 7.99. The number of aliphatic hydroxyl groups is 3. The molecule has 4 amide bonds. The summed E-state index contributed by atoms with van der Waals surface area (Å²) in [6.07, 6.45) is -8.55. The molecule has 0 aromatic carbocycles. The summed E-state index contributed by atoms with van der Waals surface area (Å²) in [6.45, 7) is 7.38. The van der Waals surface area contributed by atoms with Crippen LogP contribution in [0, 0.1) is 0 Å². The number of aliphatic hydroxyl groups excluding tert-OH is 3. The number of ether oxygens (including phenoxy) is 4. The third-order valence-corrected chi connectivity index (χ3v) is 8.92. The highest BCUT2D eigenvalue weighted by atomic mass is 32.2. The Balaban J connectivity index is 2.86. The van der Waals surface area contributed by atoms with Crippen molar-refractivity contribution in [2.24, 2.45) is 0 Å². The van der Waals surface area contributed by atoms with Gasteiger partial charge in [0.25, 0.3) is 0 Å². The Morgan fingerprint density at radius 3 is 2.06 bits per heavy atom. The Labute approximate surface area is 312 Å². The third-order valence-electron chi connectivity index (χ3n) is 7.74. The lowest BCUT2D eigenvalue weighted by atomic mass is 9.96. The number of esters is 2. The van der Waals surface area contributed by atoms with Gasteiger partial charge in [-0.3, -0.25) is 38.4 Å². The van der Waals surface area contributed by atoms with Crippen LogP contribution < -0.4 is 21.3 Å². The van der Waals surface area contributed by atoms with Crippen molar-refractivity contribution in [3.63, 3.8) is 0 Å². The quantitative estimate of drug-likeness (QED) is 0.0404. The summed E-state index contributed by atoms with van der Waals surface area (Å²) in [6, 6.07) is -3.69. The zero-order valence-electron chi connectivity index (χ0n) is 30.9. The Morgan fingerprint density at radius 1 is 0.830 bits per heavy atom. The van der Waals surface area contributed by atoms with Gasteiger partial charge in [0.15, 0.2) is 17.9 Å². The van der Waals surface area contributed by atoms with Crippen molar-refractivity contribution in [2.75, 3.05) is 31.3 Å². The van der Waals surface area contributed by atoms with Gasteiger partial charge in [-0.25, -0.2) is 0 Å². The molecule has 19 nitrogen and oxygen atoms in total. The van der Waals surface area contributed by atoms with Crippen molar-refractivity contribution in [2.45, 2.75) is 129 Å². The molecule has 1 rings (SSSR count). The zero-order chi connectivity index (χ0) is 40.2. The van der Waals surface area contributed by atoms with Gasteiger partial charge in [-0.15, -0.1) is 0 Å². The van der Waals surface area contributed by atoms with E-state index in [1.54, 1.807) is 20.8 Å². The van der Waals surface area contributed by atoms with Crippen molar-refractivity contribution < 1.29 is 72.6 Å². The van der Waals surface area contributed by atoms with Gasteiger partial charge in [-0.2, -0.15) is 11.8 Å². The van der Waals surface area contributed by atoms with Crippen LogP contribution >= 0.6 is 11.8 Å². The summed E-state index contributed by atoms with van der Waals surface area (Å²) >= 11 is 1.14.